The number of piperazine rings is 1. The molecule has 1 N–H and O–H groups in total. The molecule has 0 aromatic heterocycles. The minimum Gasteiger partial charge on any atom is -0.369 e. The number of nitro benzene ring substituents is 1. The van der Waals surface area contributed by atoms with Gasteiger partial charge in [0.05, 0.1) is 9.82 Å². The molecule has 2 aromatic rings. The second-order valence-electron chi connectivity index (χ2n) is 6.32. The maximum absolute atomic E-state index is 12.4. The molecule has 0 bridgehead atoms. The van der Waals surface area contributed by atoms with E-state index in [0.29, 0.717) is 5.69 Å². The van der Waals surface area contributed by atoms with E-state index in [-0.39, 0.29) is 10.6 Å². The zero-order valence-electron chi connectivity index (χ0n) is 15.0. The highest BCUT2D eigenvalue weighted by Crippen LogP contribution is 2.22. The fourth-order valence-corrected chi connectivity index (χ4v) is 4.08. The Morgan fingerprint density at radius 2 is 1.59 bits per heavy atom. The van der Waals surface area contributed by atoms with Crippen LogP contribution in [0.1, 0.15) is 6.92 Å². The number of nitrogens with zero attached hydrogens (tertiary/aromatic N) is 3. The van der Waals surface area contributed by atoms with E-state index in [4.69, 9.17) is 0 Å². The highest BCUT2D eigenvalue weighted by Gasteiger charge is 2.18. The van der Waals surface area contributed by atoms with Gasteiger partial charge in [0.15, 0.2) is 0 Å². The lowest BCUT2D eigenvalue weighted by Crippen LogP contribution is -2.46. The Labute approximate surface area is 158 Å². The fourth-order valence-electron chi connectivity index (χ4n) is 3.02. The van der Waals surface area contributed by atoms with E-state index in [9.17, 15) is 18.5 Å². The zero-order valence-corrected chi connectivity index (χ0v) is 15.9. The molecule has 0 atom stereocenters. The Balaban J connectivity index is 1.67. The maximum Gasteiger partial charge on any atom is 0.269 e. The molecule has 0 radical (unpaired) electrons. The van der Waals surface area contributed by atoms with Crippen molar-refractivity contribution in [2.45, 2.75) is 11.8 Å². The summed E-state index contributed by atoms with van der Waals surface area (Å²) >= 11 is 0. The van der Waals surface area contributed by atoms with Crippen LogP contribution in [0.25, 0.3) is 0 Å². The molecule has 0 spiro atoms. The third-order valence-corrected chi connectivity index (χ3v) is 6.06. The maximum atomic E-state index is 12.4. The number of non-ortho nitro benzene ring substituents is 1. The predicted molar refractivity (Wildman–Crippen MR) is 105 cm³/mol. The van der Waals surface area contributed by atoms with Crippen LogP contribution in [0.2, 0.25) is 0 Å². The van der Waals surface area contributed by atoms with Gasteiger partial charge in [0.1, 0.15) is 0 Å². The number of anilines is 2. The molecule has 27 heavy (non-hydrogen) atoms. The van der Waals surface area contributed by atoms with E-state index in [1.807, 2.05) is 12.1 Å². The summed E-state index contributed by atoms with van der Waals surface area (Å²) in [5.74, 6) is 0. The Morgan fingerprint density at radius 1 is 1.00 bits per heavy atom. The van der Waals surface area contributed by atoms with Crippen LogP contribution in [0.15, 0.2) is 53.4 Å². The minimum atomic E-state index is -3.80. The van der Waals surface area contributed by atoms with Gasteiger partial charge in [0.25, 0.3) is 15.7 Å². The first-order valence-corrected chi connectivity index (χ1v) is 10.2. The molecule has 1 aliphatic rings. The van der Waals surface area contributed by atoms with E-state index in [0.717, 1.165) is 38.4 Å². The summed E-state index contributed by atoms with van der Waals surface area (Å²) in [6.07, 6.45) is 0. The third-order valence-electron chi connectivity index (χ3n) is 4.66. The molecule has 8 nitrogen and oxygen atoms in total. The van der Waals surface area contributed by atoms with Crippen molar-refractivity contribution in [2.75, 3.05) is 42.3 Å². The number of sulfonamides is 1. The van der Waals surface area contributed by atoms with Gasteiger partial charge in [-0.25, -0.2) is 8.42 Å². The summed E-state index contributed by atoms with van der Waals surface area (Å²) in [7, 11) is -3.80. The van der Waals surface area contributed by atoms with Crippen LogP contribution in [0.3, 0.4) is 0 Å². The SMILES string of the molecule is CCN1CCN(c2ccc(NS(=O)(=O)c3ccc([N+](=O)[O-])cc3)cc2)CC1. The molecule has 0 saturated carbocycles. The summed E-state index contributed by atoms with van der Waals surface area (Å²) in [4.78, 5) is 14.8. The van der Waals surface area contributed by atoms with Crippen LogP contribution in [0.5, 0.6) is 0 Å². The largest absolute Gasteiger partial charge is 0.369 e. The molecule has 0 unspecified atom stereocenters. The number of nitrogens with one attached hydrogen (secondary N) is 1. The highest BCUT2D eigenvalue weighted by atomic mass is 32.2. The van der Waals surface area contributed by atoms with Crippen LogP contribution in [0.4, 0.5) is 17.1 Å². The average molecular weight is 390 g/mol. The number of benzene rings is 2. The van der Waals surface area contributed by atoms with Gasteiger partial charge in [0, 0.05) is 49.7 Å². The average Bonchev–Trinajstić information content (AvgIpc) is 2.68. The molecule has 1 fully saturated rings. The van der Waals surface area contributed by atoms with E-state index in [1.54, 1.807) is 12.1 Å². The molecular formula is C18H22N4O4S. The molecule has 1 aliphatic heterocycles. The normalized spacial score (nSPS) is 15.5. The van der Waals surface area contributed by atoms with Crippen LogP contribution in [0, 0.1) is 10.1 Å². The van der Waals surface area contributed by atoms with Crippen molar-refractivity contribution in [1.82, 2.24) is 4.90 Å². The molecule has 3 rings (SSSR count). The molecule has 0 aliphatic carbocycles. The molecule has 0 amide bonds. The number of hydrogen-bond donors (Lipinski definition) is 1. The summed E-state index contributed by atoms with van der Waals surface area (Å²) in [6, 6.07) is 12.0. The van der Waals surface area contributed by atoms with Gasteiger partial charge < -0.3 is 9.80 Å². The molecule has 9 heteroatoms. The number of hydrogen-bond acceptors (Lipinski definition) is 6. The van der Waals surface area contributed by atoms with Gasteiger partial charge in [-0.15, -0.1) is 0 Å². The van der Waals surface area contributed by atoms with Gasteiger partial charge in [-0.1, -0.05) is 6.92 Å². The van der Waals surface area contributed by atoms with E-state index >= 15 is 0 Å². The Kier molecular flexibility index (Phi) is 5.62. The lowest BCUT2D eigenvalue weighted by Gasteiger charge is -2.35. The van der Waals surface area contributed by atoms with Crippen molar-refractivity contribution < 1.29 is 13.3 Å². The molecule has 144 valence electrons. The first-order chi connectivity index (χ1) is 12.9. The molecule has 1 heterocycles. The van der Waals surface area contributed by atoms with Gasteiger partial charge in [-0.05, 0) is 42.9 Å². The van der Waals surface area contributed by atoms with Gasteiger partial charge >= 0.3 is 0 Å². The Hall–Kier alpha value is -2.65. The van der Waals surface area contributed by atoms with Crippen molar-refractivity contribution in [3.63, 3.8) is 0 Å². The monoisotopic (exact) mass is 390 g/mol. The number of rotatable bonds is 6. The third kappa shape index (κ3) is 4.55. The smallest absolute Gasteiger partial charge is 0.269 e. The lowest BCUT2D eigenvalue weighted by atomic mass is 10.2. The van der Waals surface area contributed by atoms with Crippen LogP contribution in [-0.2, 0) is 10.0 Å². The van der Waals surface area contributed by atoms with E-state index in [1.165, 1.54) is 24.3 Å². The van der Waals surface area contributed by atoms with Crippen LogP contribution < -0.4 is 9.62 Å². The first-order valence-electron chi connectivity index (χ1n) is 8.73. The second kappa shape index (κ2) is 7.93. The Bertz CT molecular complexity index is 890. The highest BCUT2D eigenvalue weighted by molar-refractivity contribution is 7.92. The first kappa shape index (κ1) is 19.1. The van der Waals surface area contributed by atoms with Gasteiger partial charge in [-0.2, -0.15) is 0 Å². The minimum absolute atomic E-state index is 0.0205. The van der Waals surface area contributed by atoms with Crippen molar-refractivity contribution in [1.29, 1.82) is 0 Å². The second-order valence-corrected chi connectivity index (χ2v) is 8.01. The quantitative estimate of drug-likeness (QED) is 0.601. The lowest BCUT2D eigenvalue weighted by molar-refractivity contribution is -0.384. The van der Waals surface area contributed by atoms with Crippen molar-refractivity contribution in [2.24, 2.45) is 0 Å². The zero-order chi connectivity index (χ0) is 19.4. The number of likely N-dealkylation sites (N-methyl/N-ethyl adjacent to an activating group) is 1. The Morgan fingerprint density at radius 3 is 2.11 bits per heavy atom. The topological polar surface area (TPSA) is 95.8 Å². The predicted octanol–water partition coefficient (Wildman–Crippen LogP) is 2.54. The van der Waals surface area contributed by atoms with Gasteiger partial charge in [0.2, 0.25) is 0 Å². The van der Waals surface area contributed by atoms with Crippen LogP contribution in [-0.4, -0.2) is 51.0 Å². The molecule has 2 aromatic carbocycles. The van der Waals surface area contributed by atoms with Crippen LogP contribution >= 0.6 is 0 Å². The van der Waals surface area contributed by atoms with E-state index < -0.39 is 14.9 Å². The summed E-state index contributed by atoms with van der Waals surface area (Å²) in [5.41, 5.74) is 1.36. The summed E-state index contributed by atoms with van der Waals surface area (Å²) < 4.78 is 27.4. The standard InChI is InChI=1S/C18H22N4O4S/c1-2-20-11-13-21(14-12-20)16-5-3-15(4-6-16)19-27(25,26)18-9-7-17(8-10-18)22(23)24/h3-10,19H,2,11-14H2,1H3. The molecule has 1 saturated heterocycles. The summed E-state index contributed by atoms with van der Waals surface area (Å²) in [6.45, 7) is 7.14. The number of nitro groups is 1. The van der Waals surface area contributed by atoms with Crippen molar-refractivity contribution in [3.05, 3.63) is 58.6 Å². The van der Waals surface area contributed by atoms with E-state index in [2.05, 4.69) is 21.4 Å². The fraction of sp³-hybridized carbons (Fsp3) is 0.333. The van der Waals surface area contributed by atoms with Gasteiger partial charge in [-0.3, -0.25) is 14.8 Å². The molecular weight excluding hydrogens is 368 g/mol. The summed E-state index contributed by atoms with van der Waals surface area (Å²) in [5, 5.41) is 10.7. The van der Waals surface area contributed by atoms with Crippen molar-refractivity contribution in [3.8, 4) is 0 Å². The van der Waals surface area contributed by atoms with Crippen molar-refractivity contribution >= 4 is 27.1 Å².